The van der Waals surface area contributed by atoms with Gasteiger partial charge in [0, 0.05) is 18.2 Å². The molecular formula is C15H11N3O11. The minimum atomic E-state index is -1.46. The second-order valence-electron chi connectivity index (χ2n) is 5.04. The molecule has 0 saturated heterocycles. The van der Waals surface area contributed by atoms with E-state index in [2.05, 4.69) is 0 Å². The molecule has 0 aliphatic carbocycles. The van der Waals surface area contributed by atoms with Crippen LogP contribution in [0.2, 0.25) is 0 Å². The van der Waals surface area contributed by atoms with Gasteiger partial charge in [0.25, 0.3) is 17.1 Å². The molecule has 2 N–H and O–H groups in total. The van der Waals surface area contributed by atoms with Gasteiger partial charge < -0.3 is 14.9 Å². The molecule has 2 aromatic rings. The third kappa shape index (κ3) is 6.24. The summed E-state index contributed by atoms with van der Waals surface area (Å²) in [6, 6.07) is 5.57. The molecule has 0 amide bonds. The zero-order chi connectivity index (χ0) is 22.3. The molecule has 0 heterocycles. The van der Waals surface area contributed by atoms with Crippen LogP contribution in [0.4, 0.5) is 17.1 Å². The number of methoxy groups -OCH3 is 1. The number of aromatic carboxylic acids is 2. The van der Waals surface area contributed by atoms with Crippen molar-refractivity contribution in [3.8, 4) is 5.75 Å². The standard InChI is InChI=1S/C8H7NO5.C7H4N2O6/c1-14-7-3-5(8(10)11)2-6(4-7)9(12)13;10-7(11)4-1-5(8(12)13)3-6(2-4)9(14)15/h2-4H,1H3,(H,10,11);1-3H,(H,10,11). The van der Waals surface area contributed by atoms with E-state index in [4.69, 9.17) is 14.9 Å². The van der Waals surface area contributed by atoms with Crippen molar-refractivity contribution in [2.75, 3.05) is 7.11 Å². The van der Waals surface area contributed by atoms with Crippen LogP contribution < -0.4 is 4.74 Å². The van der Waals surface area contributed by atoms with Crippen LogP contribution in [0.5, 0.6) is 5.75 Å². The Labute approximate surface area is 160 Å². The van der Waals surface area contributed by atoms with Crippen molar-refractivity contribution in [3.05, 3.63) is 77.9 Å². The van der Waals surface area contributed by atoms with Crippen LogP contribution in [0.25, 0.3) is 0 Å². The molecule has 0 fully saturated rings. The predicted octanol–water partition coefficient (Wildman–Crippen LogP) is 2.50. The Bertz CT molecular complexity index is 892. The fraction of sp³-hybridized carbons (Fsp3) is 0.0667. The number of nitro benzene ring substituents is 3. The Morgan fingerprint density at radius 3 is 1.38 bits per heavy atom. The van der Waals surface area contributed by atoms with Gasteiger partial charge in [-0.1, -0.05) is 0 Å². The number of carboxylic acids is 2. The van der Waals surface area contributed by atoms with Crippen molar-refractivity contribution in [2.24, 2.45) is 0 Å². The highest BCUT2D eigenvalue weighted by Gasteiger charge is 2.19. The van der Waals surface area contributed by atoms with Crippen molar-refractivity contribution in [1.82, 2.24) is 0 Å². The number of carbonyl (C=O) groups is 2. The average Bonchev–Trinajstić information content (AvgIpc) is 2.67. The molecule has 29 heavy (non-hydrogen) atoms. The number of nitrogens with zero attached hydrogens (tertiary/aromatic N) is 3. The number of nitro groups is 3. The topological polar surface area (TPSA) is 213 Å². The van der Waals surface area contributed by atoms with Crippen LogP contribution in [0.15, 0.2) is 36.4 Å². The first-order valence-electron chi connectivity index (χ1n) is 7.20. The molecule has 0 aromatic heterocycles. The third-order valence-corrected chi connectivity index (χ3v) is 3.16. The van der Waals surface area contributed by atoms with Crippen LogP contribution in [-0.2, 0) is 0 Å². The number of rotatable bonds is 6. The summed E-state index contributed by atoms with van der Waals surface area (Å²) >= 11 is 0. The first-order chi connectivity index (χ1) is 13.5. The largest absolute Gasteiger partial charge is 0.496 e. The SMILES string of the molecule is COc1cc(C(=O)O)cc([N+](=O)[O-])c1.O=C(O)c1cc([N+](=O)[O-])cc([N+](=O)[O-])c1. The third-order valence-electron chi connectivity index (χ3n) is 3.16. The number of non-ortho nitro benzene ring substituents is 3. The van der Waals surface area contributed by atoms with Gasteiger partial charge in [-0.15, -0.1) is 0 Å². The molecule has 0 bridgehead atoms. The maximum atomic E-state index is 10.6. The summed E-state index contributed by atoms with van der Waals surface area (Å²) in [5.41, 5.74) is -2.21. The number of carboxylic acid groups (broad SMARTS) is 2. The fourth-order valence-electron chi connectivity index (χ4n) is 1.86. The lowest BCUT2D eigenvalue weighted by atomic mass is 10.2. The smallest absolute Gasteiger partial charge is 0.336 e. The second kappa shape index (κ2) is 9.36. The van der Waals surface area contributed by atoms with Crippen LogP contribution in [0.1, 0.15) is 20.7 Å². The molecule has 0 radical (unpaired) electrons. The Kier molecular flexibility index (Phi) is 7.23. The molecule has 152 valence electrons. The quantitative estimate of drug-likeness (QED) is 0.522. The van der Waals surface area contributed by atoms with E-state index < -0.39 is 43.6 Å². The maximum Gasteiger partial charge on any atom is 0.336 e. The zero-order valence-electron chi connectivity index (χ0n) is 14.4. The van der Waals surface area contributed by atoms with Gasteiger partial charge in [-0.05, 0) is 6.07 Å². The highest BCUT2D eigenvalue weighted by atomic mass is 16.6. The summed E-state index contributed by atoms with van der Waals surface area (Å²) in [4.78, 5) is 49.7. The molecule has 0 atom stereocenters. The summed E-state index contributed by atoms with van der Waals surface area (Å²) in [6.45, 7) is 0. The minimum absolute atomic E-state index is 0.150. The van der Waals surface area contributed by atoms with E-state index in [1.807, 2.05) is 0 Å². The Morgan fingerprint density at radius 1 is 0.724 bits per heavy atom. The first-order valence-corrected chi connectivity index (χ1v) is 7.20. The molecule has 0 aliphatic heterocycles. The van der Waals surface area contributed by atoms with Crippen molar-refractivity contribution in [1.29, 1.82) is 0 Å². The zero-order valence-corrected chi connectivity index (χ0v) is 14.4. The highest BCUT2D eigenvalue weighted by molar-refractivity contribution is 5.89. The van der Waals surface area contributed by atoms with Gasteiger partial charge in [-0.25, -0.2) is 9.59 Å². The Morgan fingerprint density at radius 2 is 1.07 bits per heavy atom. The van der Waals surface area contributed by atoms with E-state index in [9.17, 15) is 39.9 Å². The summed E-state index contributed by atoms with van der Waals surface area (Å²) in [7, 11) is 1.31. The molecule has 14 nitrogen and oxygen atoms in total. The highest BCUT2D eigenvalue weighted by Crippen LogP contribution is 2.23. The lowest BCUT2D eigenvalue weighted by molar-refractivity contribution is -0.394. The first kappa shape index (κ1) is 22.4. The summed E-state index contributed by atoms with van der Waals surface area (Å²) in [6.07, 6.45) is 0. The fourth-order valence-corrected chi connectivity index (χ4v) is 1.86. The molecule has 0 spiro atoms. The molecule has 0 aliphatic rings. The van der Waals surface area contributed by atoms with Crippen LogP contribution >= 0.6 is 0 Å². The van der Waals surface area contributed by atoms with Gasteiger partial charge in [0.2, 0.25) is 0 Å². The number of hydrogen-bond acceptors (Lipinski definition) is 9. The van der Waals surface area contributed by atoms with Crippen molar-refractivity contribution in [2.45, 2.75) is 0 Å². The van der Waals surface area contributed by atoms with E-state index in [0.29, 0.717) is 6.07 Å². The maximum absolute atomic E-state index is 10.6. The van der Waals surface area contributed by atoms with Crippen molar-refractivity contribution in [3.63, 3.8) is 0 Å². The predicted molar refractivity (Wildman–Crippen MR) is 93.3 cm³/mol. The average molecular weight is 409 g/mol. The number of ether oxygens (including phenoxy) is 1. The lowest BCUT2D eigenvalue weighted by Gasteiger charge is -2.01. The van der Waals surface area contributed by atoms with Gasteiger partial charge in [-0.3, -0.25) is 30.3 Å². The Balaban J connectivity index is 0.000000291. The van der Waals surface area contributed by atoms with E-state index in [0.717, 1.165) is 24.3 Å². The Hall–Kier alpha value is -4.62. The molecule has 0 unspecified atom stereocenters. The van der Waals surface area contributed by atoms with E-state index >= 15 is 0 Å². The minimum Gasteiger partial charge on any atom is -0.496 e. The molecule has 2 aromatic carbocycles. The molecule has 0 saturated carbocycles. The number of benzene rings is 2. The lowest BCUT2D eigenvalue weighted by Crippen LogP contribution is -2.00. The van der Waals surface area contributed by atoms with Gasteiger partial charge in [0.15, 0.2) is 0 Å². The monoisotopic (exact) mass is 409 g/mol. The van der Waals surface area contributed by atoms with Gasteiger partial charge in [0.05, 0.1) is 45.1 Å². The van der Waals surface area contributed by atoms with Gasteiger partial charge in [-0.2, -0.15) is 0 Å². The van der Waals surface area contributed by atoms with Crippen LogP contribution in [0, 0.1) is 30.3 Å². The number of hydrogen-bond donors (Lipinski definition) is 2. The summed E-state index contributed by atoms with van der Waals surface area (Å²) in [5.74, 6) is -2.54. The van der Waals surface area contributed by atoms with Crippen LogP contribution in [-0.4, -0.2) is 44.0 Å². The van der Waals surface area contributed by atoms with Crippen molar-refractivity contribution < 1.29 is 39.3 Å². The second-order valence-corrected chi connectivity index (χ2v) is 5.04. The van der Waals surface area contributed by atoms with Gasteiger partial charge in [0.1, 0.15) is 5.75 Å². The van der Waals surface area contributed by atoms with E-state index in [1.165, 1.54) is 13.2 Å². The molecule has 2 rings (SSSR count). The summed E-state index contributed by atoms with van der Waals surface area (Å²) in [5, 5.41) is 48.3. The van der Waals surface area contributed by atoms with E-state index in [1.54, 1.807) is 0 Å². The summed E-state index contributed by atoms with van der Waals surface area (Å²) < 4.78 is 4.73. The van der Waals surface area contributed by atoms with Crippen molar-refractivity contribution >= 4 is 29.0 Å². The molecular weight excluding hydrogens is 398 g/mol. The normalized spacial score (nSPS) is 9.55. The molecule has 14 heteroatoms. The van der Waals surface area contributed by atoms with Gasteiger partial charge >= 0.3 is 11.9 Å². The van der Waals surface area contributed by atoms with E-state index in [-0.39, 0.29) is 17.0 Å². The van der Waals surface area contributed by atoms with Crippen LogP contribution in [0.3, 0.4) is 0 Å².